The molecule has 1 rings (SSSR count). The second-order valence-corrected chi connectivity index (χ2v) is 4.06. The van der Waals surface area contributed by atoms with Crippen molar-refractivity contribution >= 4 is 23.8 Å². The molecule has 0 radical (unpaired) electrons. The molecule has 2 amide bonds. The summed E-state index contributed by atoms with van der Waals surface area (Å²) in [5, 5.41) is 11.5. The summed E-state index contributed by atoms with van der Waals surface area (Å²) in [4.78, 5) is 23.6. The smallest absolute Gasteiger partial charge is 0.327 e. The molecule has 1 atom stereocenters. The van der Waals surface area contributed by atoms with Crippen LogP contribution < -0.4 is 5.32 Å². The fourth-order valence-electron chi connectivity index (χ4n) is 1.18. The molecular weight excluding hydrogens is 204 g/mol. The Morgan fingerprint density at radius 1 is 1.64 bits per heavy atom. The lowest BCUT2D eigenvalue weighted by atomic mass is 10.3. The van der Waals surface area contributed by atoms with Gasteiger partial charge in [0, 0.05) is 12.3 Å². The molecule has 0 aromatic rings. The quantitative estimate of drug-likeness (QED) is 0.726. The van der Waals surface area contributed by atoms with E-state index in [1.807, 2.05) is 6.92 Å². The van der Waals surface area contributed by atoms with E-state index in [0.717, 1.165) is 6.42 Å². The Morgan fingerprint density at radius 3 is 2.93 bits per heavy atom. The van der Waals surface area contributed by atoms with E-state index in [2.05, 4.69) is 5.32 Å². The van der Waals surface area contributed by atoms with Crippen LogP contribution in [0, 0.1) is 0 Å². The molecule has 0 spiro atoms. The Balaban J connectivity index is 2.49. The minimum atomic E-state index is -0.929. The topological polar surface area (TPSA) is 69.6 Å². The van der Waals surface area contributed by atoms with Gasteiger partial charge in [0.2, 0.25) is 0 Å². The number of hydrogen-bond acceptors (Lipinski definition) is 3. The molecular formula is C8H14N2O3S. The van der Waals surface area contributed by atoms with Crippen molar-refractivity contribution in [2.75, 3.05) is 18.2 Å². The van der Waals surface area contributed by atoms with Crippen LogP contribution in [0.1, 0.15) is 13.3 Å². The SMILES string of the molecule is CCCNC(=O)N1CSC[C@H]1C(=O)O. The molecule has 0 saturated carbocycles. The minimum absolute atomic E-state index is 0.274. The van der Waals surface area contributed by atoms with Crippen molar-refractivity contribution in [3.05, 3.63) is 0 Å². The van der Waals surface area contributed by atoms with Crippen molar-refractivity contribution in [2.24, 2.45) is 0 Å². The Labute approximate surface area is 86.8 Å². The zero-order chi connectivity index (χ0) is 10.6. The normalized spacial score (nSPS) is 20.9. The predicted molar refractivity (Wildman–Crippen MR) is 54.3 cm³/mol. The number of aliphatic carboxylic acids is 1. The maximum Gasteiger partial charge on any atom is 0.327 e. The number of amides is 2. The third kappa shape index (κ3) is 2.54. The van der Waals surface area contributed by atoms with Gasteiger partial charge >= 0.3 is 12.0 Å². The van der Waals surface area contributed by atoms with Crippen molar-refractivity contribution in [2.45, 2.75) is 19.4 Å². The number of carboxylic acids is 1. The van der Waals surface area contributed by atoms with E-state index in [1.54, 1.807) is 0 Å². The molecule has 0 aromatic carbocycles. The lowest BCUT2D eigenvalue weighted by Gasteiger charge is -2.20. The third-order valence-electron chi connectivity index (χ3n) is 1.95. The summed E-state index contributed by atoms with van der Waals surface area (Å²) < 4.78 is 0. The summed E-state index contributed by atoms with van der Waals surface area (Å²) in [5.74, 6) is 0.0168. The molecule has 0 unspecified atom stereocenters. The van der Waals surface area contributed by atoms with E-state index >= 15 is 0 Å². The molecule has 80 valence electrons. The van der Waals surface area contributed by atoms with Crippen molar-refractivity contribution in [3.8, 4) is 0 Å². The Hall–Kier alpha value is -0.910. The fourth-order valence-corrected chi connectivity index (χ4v) is 2.33. The van der Waals surface area contributed by atoms with Crippen molar-refractivity contribution in [1.82, 2.24) is 10.2 Å². The summed E-state index contributed by atoms with van der Waals surface area (Å²) in [5.41, 5.74) is 0. The van der Waals surface area contributed by atoms with Gasteiger partial charge in [-0.05, 0) is 6.42 Å². The van der Waals surface area contributed by atoms with Gasteiger partial charge in [-0.1, -0.05) is 6.92 Å². The highest BCUT2D eigenvalue weighted by atomic mass is 32.2. The van der Waals surface area contributed by atoms with Crippen LogP contribution in [-0.4, -0.2) is 46.2 Å². The predicted octanol–water partition coefficient (Wildman–Crippen LogP) is 0.566. The van der Waals surface area contributed by atoms with E-state index < -0.39 is 12.0 Å². The van der Waals surface area contributed by atoms with Gasteiger partial charge in [0.05, 0.1) is 5.88 Å². The van der Waals surface area contributed by atoms with Gasteiger partial charge in [-0.2, -0.15) is 0 Å². The molecule has 14 heavy (non-hydrogen) atoms. The third-order valence-corrected chi connectivity index (χ3v) is 2.97. The number of rotatable bonds is 3. The number of carboxylic acid groups (broad SMARTS) is 1. The molecule has 1 aliphatic heterocycles. The number of carbonyl (C=O) groups excluding carboxylic acids is 1. The van der Waals surface area contributed by atoms with E-state index in [0.29, 0.717) is 18.2 Å². The summed E-state index contributed by atoms with van der Waals surface area (Å²) in [6.07, 6.45) is 0.852. The standard InChI is InChI=1S/C8H14N2O3S/c1-2-3-9-8(13)10-5-14-4-6(10)7(11)12/h6H,2-5H2,1H3,(H,9,13)(H,11,12)/t6-/m0/s1. The number of thioether (sulfide) groups is 1. The van der Waals surface area contributed by atoms with Gasteiger partial charge in [0.1, 0.15) is 6.04 Å². The van der Waals surface area contributed by atoms with E-state index in [1.165, 1.54) is 16.7 Å². The summed E-state index contributed by atoms with van der Waals surface area (Å²) in [6.45, 7) is 2.54. The van der Waals surface area contributed by atoms with Crippen molar-refractivity contribution in [3.63, 3.8) is 0 Å². The number of nitrogens with zero attached hydrogens (tertiary/aromatic N) is 1. The van der Waals surface area contributed by atoms with Gasteiger partial charge in [-0.15, -0.1) is 11.8 Å². The molecule has 1 heterocycles. The number of urea groups is 1. The van der Waals surface area contributed by atoms with E-state index in [4.69, 9.17) is 5.11 Å². The van der Waals surface area contributed by atoms with Crippen LogP contribution in [0.4, 0.5) is 4.79 Å². The molecule has 0 aromatic heterocycles. The first-order valence-electron chi connectivity index (χ1n) is 4.51. The van der Waals surface area contributed by atoms with Crippen LogP contribution in [0.3, 0.4) is 0 Å². The van der Waals surface area contributed by atoms with Crippen LogP contribution in [0.5, 0.6) is 0 Å². The second-order valence-electron chi connectivity index (χ2n) is 3.06. The van der Waals surface area contributed by atoms with Gasteiger partial charge in [-0.3, -0.25) is 0 Å². The highest BCUT2D eigenvalue weighted by molar-refractivity contribution is 7.99. The molecule has 0 bridgehead atoms. The van der Waals surface area contributed by atoms with Crippen LogP contribution in [-0.2, 0) is 4.79 Å². The Bertz CT molecular complexity index is 235. The molecule has 1 saturated heterocycles. The maximum atomic E-state index is 11.5. The van der Waals surface area contributed by atoms with Gasteiger partial charge in [-0.25, -0.2) is 9.59 Å². The first-order chi connectivity index (χ1) is 6.66. The highest BCUT2D eigenvalue weighted by Gasteiger charge is 2.34. The van der Waals surface area contributed by atoms with Crippen LogP contribution >= 0.6 is 11.8 Å². The molecule has 6 heteroatoms. The van der Waals surface area contributed by atoms with E-state index in [9.17, 15) is 9.59 Å². The first-order valence-corrected chi connectivity index (χ1v) is 5.67. The summed E-state index contributed by atoms with van der Waals surface area (Å²) in [7, 11) is 0. The van der Waals surface area contributed by atoms with E-state index in [-0.39, 0.29) is 6.03 Å². The summed E-state index contributed by atoms with van der Waals surface area (Å²) in [6, 6.07) is -0.943. The monoisotopic (exact) mass is 218 g/mol. The Morgan fingerprint density at radius 2 is 2.36 bits per heavy atom. The maximum absolute atomic E-state index is 11.5. The highest BCUT2D eigenvalue weighted by Crippen LogP contribution is 2.20. The van der Waals surface area contributed by atoms with Gasteiger partial charge in [0.15, 0.2) is 0 Å². The second kappa shape index (κ2) is 5.09. The Kier molecular flexibility index (Phi) is 4.06. The van der Waals surface area contributed by atoms with Crippen LogP contribution in [0.2, 0.25) is 0 Å². The van der Waals surface area contributed by atoms with Gasteiger partial charge < -0.3 is 15.3 Å². The average Bonchev–Trinajstić information content (AvgIpc) is 2.62. The van der Waals surface area contributed by atoms with Crippen molar-refractivity contribution < 1.29 is 14.7 Å². The van der Waals surface area contributed by atoms with Crippen molar-refractivity contribution in [1.29, 1.82) is 0 Å². The number of carbonyl (C=O) groups is 2. The lowest BCUT2D eigenvalue weighted by Crippen LogP contribution is -2.47. The first kappa shape index (κ1) is 11.2. The van der Waals surface area contributed by atoms with Crippen LogP contribution in [0.15, 0.2) is 0 Å². The molecule has 1 fully saturated rings. The molecule has 0 aliphatic carbocycles. The number of hydrogen-bond donors (Lipinski definition) is 2. The van der Waals surface area contributed by atoms with Crippen LogP contribution in [0.25, 0.3) is 0 Å². The van der Waals surface area contributed by atoms with Gasteiger partial charge in [0.25, 0.3) is 0 Å². The largest absolute Gasteiger partial charge is 0.480 e. The minimum Gasteiger partial charge on any atom is -0.480 e. The summed E-state index contributed by atoms with van der Waals surface area (Å²) >= 11 is 1.46. The number of nitrogens with one attached hydrogen (secondary N) is 1. The lowest BCUT2D eigenvalue weighted by molar-refractivity contribution is -0.140. The average molecular weight is 218 g/mol. The molecule has 5 nitrogen and oxygen atoms in total. The fraction of sp³-hybridized carbons (Fsp3) is 0.750. The zero-order valence-corrected chi connectivity index (χ0v) is 8.84. The molecule has 2 N–H and O–H groups in total. The molecule has 1 aliphatic rings. The zero-order valence-electron chi connectivity index (χ0n) is 8.02.